The highest BCUT2D eigenvalue weighted by atomic mass is 35.5. The van der Waals surface area contributed by atoms with Crippen LogP contribution in [-0.4, -0.2) is 54.9 Å². The molecule has 0 amide bonds. The third kappa shape index (κ3) is 4.43. The Balaban J connectivity index is 1.95. The molecule has 5 heteroatoms. The average molecular weight is 329 g/mol. The second-order valence-corrected chi connectivity index (χ2v) is 6.47. The summed E-state index contributed by atoms with van der Waals surface area (Å²) in [7, 11) is 2.02. The fourth-order valence-electron chi connectivity index (χ4n) is 2.83. The second-order valence-electron chi connectivity index (χ2n) is 5.63. The van der Waals surface area contributed by atoms with E-state index in [4.69, 9.17) is 23.2 Å². The lowest BCUT2D eigenvalue weighted by molar-refractivity contribution is 0.0858. The minimum atomic E-state index is 0.0305. The Morgan fingerprint density at radius 1 is 1.33 bits per heavy atom. The van der Waals surface area contributed by atoms with E-state index in [2.05, 4.69) is 16.7 Å². The number of halogens is 2. The van der Waals surface area contributed by atoms with Gasteiger partial charge in [0.05, 0.1) is 11.6 Å². The van der Waals surface area contributed by atoms with Crippen LogP contribution in [0.2, 0.25) is 10.0 Å². The number of nitrogens with zero attached hydrogens (tertiary/aromatic N) is 2. The van der Waals surface area contributed by atoms with Crippen molar-refractivity contribution in [3.8, 4) is 0 Å². The predicted octanol–water partition coefficient (Wildman–Crippen LogP) is 3.59. The zero-order chi connectivity index (χ0) is 15.4. The molecule has 0 radical (unpaired) electrons. The maximum atomic E-state index is 12.4. The largest absolute Gasteiger partial charge is 0.303 e. The minimum absolute atomic E-state index is 0.0305. The number of hydrogen-bond donors (Lipinski definition) is 0. The fraction of sp³-hybridized carbons (Fsp3) is 0.562. The number of ketones is 1. The van der Waals surface area contributed by atoms with E-state index < -0.39 is 0 Å². The molecular formula is C16H22Cl2N2O. The molecule has 3 nitrogen and oxygen atoms in total. The molecule has 21 heavy (non-hydrogen) atoms. The van der Waals surface area contributed by atoms with Crippen LogP contribution in [0.25, 0.3) is 0 Å². The van der Waals surface area contributed by atoms with Crippen LogP contribution in [0.15, 0.2) is 18.2 Å². The van der Waals surface area contributed by atoms with E-state index in [1.807, 2.05) is 7.05 Å². The molecule has 1 heterocycles. The first-order chi connectivity index (χ1) is 10.0. The van der Waals surface area contributed by atoms with E-state index in [0.717, 1.165) is 32.5 Å². The number of likely N-dealkylation sites (N-methyl/N-ethyl adjacent to an activating group) is 1. The molecule has 0 N–H and O–H groups in total. The van der Waals surface area contributed by atoms with Crippen molar-refractivity contribution in [1.29, 1.82) is 0 Å². The number of benzene rings is 1. The number of carbonyl (C=O) groups is 1. The van der Waals surface area contributed by atoms with Crippen LogP contribution in [-0.2, 0) is 0 Å². The van der Waals surface area contributed by atoms with E-state index in [1.165, 1.54) is 0 Å². The van der Waals surface area contributed by atoms with E-state index in [9.17, 15) is 4.79 Å². The third-order valence-electron chi connectivity index (χ3n) is 4.25. The van der Waals surface area contributed by atoms with E-state index >= 15 is 0 Å². The number of hydrogen-bond acceptors (Lipinski definition) is 3. The highest BCUT2D eigenvalue weighted by Gasteiger charge is 2.23. The van der Waals surface area contributed by atoms with Crippen LogP contribution in [0.3, 0.4) is 0 Å². The molecule has 1 fully saturated rings. The summed E-state index contributed by atoms with van der Waals surface area (Å²) >= 11 is 12.0. The highest BCUT2D eigenvalue weighted by molar-refractivity contribution is 6.36. The van der Waals surface area contributed by atoms with Crippen molar-refractivity contribution in [2.75, 3.05) is 33.2 Å². The Morgan fingerprint density at radius 3 is 2.62 bits per heavy atom. The molecule has 116 valence electrons. The van der Waals surface area contributed by atoms with Crippen molar-refractivity contribution in [3.05, 3.63) is 33.8 Å². The summed E-state index contributed by atoms with van der Waals surface area (Å²) in [5.41, 5.74) is 0.516. The molecule has 0 saturated carbocycles. The number of likely N-dealkylation sites (tertiary alicyclic amines) is 1. The molecule has 2 rings (SSSR count). The number of rotatable bonds is 5. The van der Waals surface area contributed by atoms with Crippen LogP contribution < -0.4 is 0 Å². The normalized spacial score (nSPS) is 17.4. The van der Waals surface area contributed by atoms with Crippen molar-refractivity contribution in [2.45, 2.75) is 25.8 Å². The molecule has 1 aromatic rings. The zero-order valence-corrected chi connectivity index (χ0v) is 14.1. The van der Waals surface area contributed by atoms with Crippen LogP contribution >= 0.6 is 23.2 Å². The standard InChI is InChI=1S/C16H22Cl2N2O/c1-3-20-8-6-13(7-9-20)19(2)11-16(21)14-10-12(17)4-5-15(14)18/h4-5,10,13H,3,6-9,11H2,1-2H3. The highest BCUT2D eigenvalue weighted by Crippen LogP contribution is 2.22. The van der Waals surface area contributed by atoms with Crippen molar-refractivity contribution < 1.29 is 4.79 Å². The maximum Gasteiger partial charge on any atom is 0.178 e. The Bertz CT molecular complexity index is 499. The van der Waals surface area contributed by atoms with Gasteiger partial charge in [-0.05, 0) is 57.7 Å². The van der Waals surface area contributed by atoms with Gasteiger partial charge in [-0.2, -0.15) is 0 Å². The lowest BCUT2D eigenvalue weighted by Crippen LogP contribution is -2.44. The Kier molecular flexibility index (Phi) is 6.06. The molecule has 0 unspecified atom stereocenters. The molecular weight excluding hydrogens is 307 g/mol. The Hall–Kier alpha value is -0.610. The lowest BCUT2D eigenvalue weighted by atomic mass is 10.0. The summed E-state index contributed by atoms with van der Waals surface area (Å²) in [6.07, 6.45) is 2.22. The van der Waals surface area contributed by atoms with Gasteiger partial charge in [-0.1, -0.05) is 30.1 Å². The van der Waals surface area contributed by atoms with Gasteiger partial charge < -0.3 is 4.90 Å². The molecule has 1 saturated heterocycles. The average Bonchev–Trinajstić information content (AvgIpc) is 2.49. The number of Topliss-reactive ketones (excluding diaryl/α,β-unsaturated/α-hetero) is 1. The van der Waals surface area contributed by atoms with Gasteiger partial charge in [-0.25, -0.2) is 0 Å². The van der Waals surface area contributed by atoms with Gasteiger partial charge in [0.2, 0.25) is 0 Å². The zero-order valence-electron chi connectivity index (χ0n) is 12.6. The van der Waals surface area contributed by atoms with E-state index in [1.54, 1.807) is 18.2 Å². The summed E-state index contributed by atoms with van der Waals surface area (Å²) in [6, 6.07) is 5.50. The van der Waals surface area contributed by atoms with E-state index in [0.29, 0.717) is 28.2 Å². The van der Waals surface area contributed by atoms with Gasteiger partial charge in [0.25, 0.3) is 0 Å². The summed E-state index contributed by atoms with van der Waals surface area (Å²) in [4.78, 5) is 17.0. The minimum Gasteiger partial charge on any atom is -0.303 e. The molecule has 0 aliphatic carbocycles. The fourth-order valence-corrected chi connectivity index (χ4v) is 3.22. The SMILES string of the molecule is CCN1CCC(N(C)CC(=O)c2cc(Cl)ccc2Cl)CC1. The van der Waals surface area contributed by atoms with Gasteiger partial charge in [-0.3, -0.25) is 9.69 Å². The van der Waals surface area contributed by atoms with Gasteiger partial charge in [0.15, 0.2) is 5.78 Å². The van der Waals surface area contributed by atoms with Crippen LogP contribution in [0.5, 0.6) is 0 Å². The van der Waals surface area contributed by atoms with Gasteiger partial charge in [0, 0.05) is 16.6 Å². The number of piperidine rings is 1. The smallest absolute Gasteiger partial charge is 0.178 e. The maximum absolute atomic E-state index is 12.4. The molecule has 1 aliphatic heterocycles. The molecule has 0 atom stereocenters. The second kappa shape index (κ2) is 7.59. The predicted molar refractivity (Wildman–Crippen MR) is 88.6 cm³/mol. The first-order valence-corrected chi connectivity index (χ1v) is 8.17. The molecule has 0 aromatic heterocycles. The van der Waals surface area contributed by atoms with Crippen molar-refractivity contribution >= 4 is 29.0 Å². The van der Waals surface area contributed by atoms with Crippen LogP contribution in [0, 0.1) is 0 Å². The summed E-state index contributed by atoms with van der Waals surface area (Å²) < 4.78 is 0. The monoisotopic (exact) mass is 328 g/mol. The third-order valence-corrected chi connectivity index (χ3v) is 4.81. The molecule has 0 bridgehead atoms. The Morgan fingerprint density at radius 2 is 2.00 bits per heavy atom. The van der Waals surface area contributed by atoms with Gasteiger partial charge in [-0.15, -0.1) is 0 Å². The van der Waals surface area contributed by atoms with Crippen molar-refractivity contribution in [2.24, 2.45) is 0 Å². The van der Waals surface area contributed by atoms with E-state index in [-0.39, 0.29) is 5.78 Å². The van der Waals surface area contributed by atoms with Crippen molar-refractivity contribution in [1.82, 2.24) is 9.80 Å². The first kappa shape index (κ1) is 16.8. The molecule has 1 aromatic carbocycles. The lowest BCUT2D eigenvalue weighted by Gasteiger charge is -2.36. The number of carbonyl (C=O) groups excluding carboxylic acids is 1. The first-order valence-electron chi connectivity index (χ1n) is 7.42. The van der Waals surface area contributed by atoms with Crippen LogP contribution in [0.4, 0.5) is 0 Å². The molecule has 0 spiro atoms. The van der Waals surface area contributed by atoms with Gasteiger partial charge >= 0.3 is 0 Å². The van der Waals surface area contributed by atoms with Crippen LogP contribution in [0.1, 0.15) is 30.1 Å². The topological polar surface area (TPSA) is 23.6 Å². The quantitative estimate of drug-likeness (QED) is 0.771. The molecule has 1 aliphatic rings. The Labute approximate surface area is 136 Å². The summed E-state index contributed by atoms with van der Waals surface area (Å²) in [5, 5.41) is 1.01. The van der Waals surface area contributed by atoms with Gasteiger partial charge in [0.1, 0.15) is 0 Å². The summed E-state index contributed by atoms with van der Waals surface area (Å²) in [5.74, 6) is 0.0305. The summed E-state index contributed by atoms with van der Waals surface area (Å²) in [6.45, 7) is 5.90. The van der Waals surface area contributed by atoms with Crippen molar-refractivity contribution in [3.63, 3.8) is 0 Å².